The Morgan fingerprint density at radius 3 is 2.36 bits per heavy atom. The van der Waals surface area contributed by atoms with E-state index in [4.69, 9.17) is 5.73 Å². The Hall–Kier alpha value is -2.28. The molecular formula is C18H27N7. The highest BCUT2D eigenvalue weighted by Gasteiger charge is 2.25. The molecule has 2 aromatic rings. The number of benzene rings is 1. The van der Waals surface area contributed by atoms with Crippen LogP contribution in [0.4, 0.5) is 23.3 Å². The van der Waals surface area contributed by atoms with Crippen LogP contribution in [0.25, 0.3) is 0 Å². The molecule has 0 radical (unpaired) electrons. The van der Waals surface area contributed by atoms with Crippen LogP contribution >= 0.6 is 0 Å². The number of aromatic nitrogens is 3. The van der Waals surface area contributed by atoms with E-state index in [1.54, 1.807) is 0 Å². The lowest BCUT2D eigenvalue weighted by Gasteiger charge is -2.41. The minimum Gasteiger partial charge on any atom is -0.369 e. The quantitative estimate of drug-likeness (QED) is 0.792. The van der Waals surface area contributed by atoms with Crippen molar-refractivity contribution >= 4 is 23.3 Å². The summed E-state index contributed by atoms with van der Waals surface area (Å²) in [5.41, 5.74) is 7.78. The fourth-order valence-electron chi connectivity index (χ4n) is 4.01. The number of rotatable bonds is 4. The summed E-state index contributed by atoms with van der Waals surface area (Å²) >= 11 is 0. The average Bonchev–Trinajstić information content (AvgIpc) is 3.08. The second kappa shape index (κ2) is 7.31. The van der Waals surface area contributed by atoms with Gasteiger partial charge in [-0.1, -0.05) is 19.3 Å². The maximum Gasteiger partial charge on any atom is 0.248 e. The highest BCUT2D eigenvalue weighted by atomic mass is 15.3. The number of nitrogens with zero attached hydrogens (tertiary/aromatic N) is 4. The van der Waals surface area contributed by atoms with Gasteiger partial charge in [-0.3, -0.25) is 4.90 Å². The lowest BCUT2D eigenvalue weighted by Crippen LogP contribution is -2.50. The lowest BCUT2D eigenvalue weighted by atomic mass is 9.94. The Balaban J connectivity index is 1.32. The summed E-state index contributed by atoms with van der Waals surface area (Å²) in [4.78, 5) is 9.24. The summed E-state index contributed by atoms with van der Waals surface area (Å²) in [5, 5.41) is 9.76. The highest BCUT2D eigenvalue weighted by Crippen LogP contribution is 2.25. The van der Waals surface area contributed by atoms with Crippen LogP contribution in [0.15, 0.2) is 24.3 Å². The Bertz CT molecular complexity index is 667. The van der Waals surface area contributed by atoms with Gasteiger partial charge in [0.1, 0.15) is 0 Å². The molecular weight excluding hydrogens is 314 g/mol. The smallest absolute Gasteiger partial charge is 0.248 e. The van der Waals surface area contributed by atoms with Crippen molar-refractivity contribution in [3.05, 3.63) is 24.3 Å². The molecule has 7 nitrogen and oxygen atoms in total. The second-order valence-electron chi connectivity index (χ2n) is 7.03. The first kappa shape index (κ1) is 16.2. The van der Waals surface area contributed by atoms with Gasteiger partial charge in [0, 0.05) is 43.6 Å². The van der Waals surface area contributed by atoms with Crippen LogP contribution in [0.2, 0.25) is 0 Å². The van der Waals surface area contributed by atoms with Gasteiger partial charge in [-0.05, 0) is 37.1 Å². The minimum atomic E-state index is 0.315. The summed E-state index contributed by atoms with van der Waals surface area (Å²) in [6, 6.07) is 9.28. The third-order valence-electron chi connectivity index (χ3n) is 5.40. The average molecular weight is 341 g/mol. The van der Waals surface area contributed by atoms with Crippen molar-refractivity contribution < 1.29 is 0 Å². The van der Waals surface area contributed by atoms with Crippen molar-refractivity contribution in [3.8, 4) is 0 Å². The first-order valence-electron chi connectivity index (χ1n) is 9.32. The second-order valence-corrected chi connectivity index (χ2v) is 7.03. The molecule has 0 amide bonds. The predicted octanol–water partition coefficient (Wildman–Crippen LogP) is 2.59. The van der Waals surface area contributed by atoms with E-state index >= 15 is 0 Å². The molecule has 134 valence electrons. The molecule has 1 saturated carbocycles. The molecule has 4 N–H and O–H groups in total. The third kappa shape index (κ3) is 3.87. The molecule has 0 bridgehead atoms. The molecule has 25 heavy (non-hydrogen) atoms. The number of nitrogen functional groups attached to an aromatic ring is 1. The Labute approximate surface area is 148 Å². The van der Waals surface area contributed by atoms with E-state index in [-0.39, 0.29) is 0 Å². The molecule has 4 rings (SSSR count). The van der Waals surface area contributed by atoms with Gasteiger partial charge in [0.05, 0.1) is 0 Å². The van der Waals surface area contributed by atoms with E-state index in [1.807, 2.05) is 0 Å². The van der Waals surface area contributed by atoms with Crippen LogP contribution in [0.1, 0.15) is 32.1 Å². The van der Waals surface area contributed by atoms with Crippen molar-refractivity contribution in [2.45, 2.75) is 38.1 Å². The standard InChI is InChI=1S/C18H27N7/c19-17-21-18(23-22-17)20-14-6-8-16(9-7-14)25-12-10-24(11-13-25)15-4-2-1-3-5-15/h6-9,15H,1-5,10-13H2,(H4,19,20,21,22,23). The third-order valence-corrected chi connectivity index (χ3v) is 5.40. The van der Waals surface area contributed by atoms with Crippen molar-refractivity contribution in [3.63, 3.8) is 0 Å². The van der Waals surface area contributed by atoms with E-state index in [0.717, 1.165) is 24.8 Å². The lowest BCUT2D eigenvalue weighted by molar-refractivity contribution is 0.148. The van der Waals surface area contributed by atoms with E-state index in [1.165, 1.54) is 50.9 Å². The summed E-state index contributed by atoms with van der Waals surface area (Å²) in [5.74, 6) is 0.807. The van der Waals surface area contributed by atoms with E-state index in [9.17, 15) is 0 Å². The molecule has 0 unspecified atom stereocenters. The van der Waals surface area contributed by atoms with Gasteiger partial charge in [-0.2, -0.15) is 4.98 Å². The van der Waals surface area contributed by atoms with Crippen LogP contribution in [0.5, 0.6) is 0 Å². The molecule has 0 atom stereocenters. The fraction of sp³-hybridized carbons (Fsp3) is 0.556. The summed E-state index contributed by atoms with van der Waals surface area (Å²) < 4.78 is 0. The van der Waals surface area contributed by atoms with Crippen LogP contribution in [0, 0.1) is 0 Å². The van der Waals surface area contributed by atoms with Crippen LogP contribution in [-0.4, -0.2) is 52.3 Å². The number of hydrogen-bond donors (Lipinski definition) is 3. The molecule has 1 aliphatic carbocycles. The summed E-state index contributed by atoms with van der Waals surface area (Å²) in [7, 11) is 0. The fourth-order valence-corrected chi connectivity index (χ4v) is 4.01. The normalized spacial score (nSPS) is 19.9. The van der Waals surface area contributed by atoms with Gasteiger partial charge in [0.25, 0.3) is 0 Å². The van der Waals surface area contributed by atoms with E-state index in [2.05, 4.69) is 54.6 Å². The molecule has 7 heteroatoms. The van der Waals surface area contributed by atoms with Gasteiger partial charge < -0.3 is 16.0 Å². The van der Waals surface area contributed by atoms with Gasteiger partial charge in [-0.15, -0.1) is 5.10 Å². The molecule has 2 heterocycles. The van der Waals surface area contributed by atoms with Crippen LogP contribution < -0.4 is 16.0 Å². The number of hydrogen-bond acceptors (Lipinski definition) is 6. The molecule has 1 aliphatic heterocycles. The van der Waals surface area contributed by atoms with Crippen LogP contribution in [0.3, 0.4) is 0 Å². The van der Waals surface area contributed by atoms with Crippen molar-refractivity contribution in [1.82, 2.24) is 20.1 Å². The molecule has 1 aromatic carbocycles. The van der Waals surface area contributed by atoms with Crippen molar-refractivity contribution in [2.75, 3.05) is 42.1 Å². The number of nitrogens with one attached hydrogen (secondary N) is 2. The highest BCUT2D eigenvalue weighted by molar-refractivity contribution is 5.59. The van der Waals surface area contributed by atoms with Gasteiger partial charge >= 0.3 is 0 Å². The number of aromatic amines is 1. The largest absolute Gasteiger partial charge is 0.369 e. The first-order chi connectivity index (χ1) is 12.3. The predicted molar refractivity (Wildman–Crippen MR) is 101 cm³/mol. The topological polar surface area (TPSA) is 86.1 Å². The maximum absolute atomic E-state index is 5.54. The monoisotopic (exact) mass is 341 g/mol. The van der Waals surface area contributed by atoms with E-state index in [0.29, 0.717) is 11.9 Å². The number of piperazine rings is 1. The zero-order valence-corrected chi connectivity index (χ0v) is 14.6. The SMILES string of the molecule is Nc1nc(Nc2ccc(N3CCN(C4CCCCC4)CC3)cc2)n[nH]1. The van der Waals surface area contributed by atoms with Gasteiger partial charge in [0.15, 0.2) is 0 Å². The van der Waals surface area contributed by atoms with Crippen molar-refractivity contribution in [1.29, 1.82) is 0 Å². The number of H-pyrrole nitrogens is 1. The zero-order valence-electron chi connectivity index (χ0n) is 14.6. The van der Waals surface area contributed by atoms with Crippen molar-refractivity contribution in [2.24, 2.45) is 0 Å². The molecule has 1 aromatic heterocycles. The summed E-state index contributed by atoms with van der Waals surface area (Å²) in [6.07, 6.45) is 7.04. The van der Waals surface area contributed by atoms with Gasteiger partial charge in [-0.25, -0.2) is 5.10 Å². The maximum atomic E-state index is 5.54. The Morgan fingerprint density at radius 1 is 1.00 bits per heavy atom. The molecule has 2 aliphatic rings. The Kier molecular flexibility index (Phi) is 4.74. The van der Waals surface area contributed by atoms with E-state index < -0.39 is 0 Å². The molecule has 0 spiro atoms. The minimum absolute atomic E-state index is 0.315. The van der Waals surface area contributed by atoms with Gasteiger partial charge in [0.2, 0.25) is 11.9 Å². The zero-order chi connectivity index (χ0) is 17.1. The Morgan fingerprint density at radius 2 is 1.72 bits per heavy atom. The summed E-state index contributed by atoms with van der Waals surface area (Å²) in [6.45, 7) is 4.59. The number of anilines is 4. The number of nitrogens with two attached hydrogens (primary N) is 1. The van der Waals surface area contributed by atoms with Crippen LogP contribution in [-0.2, 0) is 0 Å². The first-order valence-corrected chi connectivity index (χ1v) is 9.32. The molecule has 1 saturated heterocycles. The molecule has 2 fully saturated rings.